The zero-order valence-corrected chi connectivity index (χ0v) is 9.89. The number of hydrogen-bond acceptors (Lipinski definition) is 3. The van der Waals surface area contributed by atoms with Gasteiger partial charge in [0.05, 0.1) is 6.61 Å². The smallest absolute Gasteiger partial charge is 0.122 e. The van der Waals surface area contributed by atoms with Gasteiger partial charge in [0, 0.05) is 24.7 Å². The standard InChI is InChI=1S/C13H19N3O/c14-13(15)11-3-1-2-10(8-11)9-16(6-7-17)12-4-5-12/h1-3,8,12,17H,4-7,9H2,(H3,14,15). The highest BCUT2D eigenvalue weighted by Crippen LogP contribution is 2.27. The molecule has 0 saturated heterocycles. The molecule has 4 N–H and O–H groups in total. The molecule has 1 saturated carbocycles. The molecule has 0 heterocycles. The van der Waals surface area contributed by atoms with Crippen molar-refractivity contribution in [3.63, 3.8) is 0 Å². The third-order valence-corrected chi connectivity index (χ3v) is 3.07. The second-order valence-corrected chi connectivity index (χ2v) is 4.54. The van der Waals surface area contributed by atoms with Gasteiger partial charge in [-0.05, 0) is 24.5 Å². The van der Waals surface area contributed by atoms with Gasteiger partial charge in [-0.3, -0.25) is 10.3 Å². The van der Waals surface area contributed by atoms with E-state index in [4.69, 9.17) is 16.2 Å². The van der Waals surface area contributed by atoms with Gasteiger partial charge in [-0.1, -0.05) is 18.2 Å². The second kappa shape index (κ2) is 5.29. The topological polar surface area (TPSA) is 73.3 Å². The fraction of sp³-hybridized carbons (Fsp3) is 0.462. The number of aliphatic hydroxyl groups excluding tert-OH is 1. The minimum atomic E-state index is 0.104. The van der Waals surface area contributed by atoms with Gasteiger partial charge >= 0.3 is 0 Å². The van der Waals surface area contributed by atoms with Crippen molar-refractivity contribution in [1.82, 2.24) is 4.90 Å². The van der Waals surface area contributed by atoms with Crippen LogP contribution in [-0.4, -0.2) is 35.0 Å². The molecule has 0 radical (unpaired) electrons. The van der Waals surface area contributed by atoms with Crippen LogP contribution in [0.1, 0.15) is 24.0 Å². The van der Waals surface area contributed by atoms with Crippen molar-refractivity contribution in [2.45, 2.75) is 25.4 Å². The van der Waals surface area contributed by atoms with E-state index in [9.17, 15) is 0 Å². The molecule has 0 amide bonds. The molecule has 1 aromatic rings. The first-order valence-electron chi connectivity index (χ1n) is 5.99. The highest BCUT2D eigenvalue weighted by atomic mass is 16.3. The average molecular weight is 233 g/mol. The molecule has 0 aliphatic heterocycles. The number of amidine groups is 1. The first-order valence-corrected chi connectivity index (χ1v) is 5.99. The molecule has 4 heteroatoms. The molecule has 1 aromatic carbocycles. The summed E-state index contributed by atoms with van der Waals surface area (Å²) in [6.07, 6.45) is 2.46. The summed E-state index contributed by atoms with van der Waals surface area (Å²) in [6, 6.07) is 8.40. The molecule has 1 aliphatic rings. The van der Waals surface area contributed by atoms with Crippen molar-refractivity contribution in [2.75, 3.05) is 13.2 Å². The minimum absolute atomic E-state index is 0.104. The van der Waals surface area contributed by atoms with Gasteiger partial charge in [0.15, 0.2) is 0 Å². The monoisotopic (exact) mass is 233 g/mol. The Morgan fingerprint density at radius 3 is 2.82 bits per heavy atom. The van der Waals surface area contributed by atoms with Crippen molar-refractivity contribution in [1.29, 1.82) is 5.41 Å². The summed E-state index contributed by atoms with van der Waals surface area (Å²) in [5.74, 6) is 0.104. The summed E-state index contributed by atoms with van der Waals surface area (Å²) in [4.78, 5) is 2.29. The van der Waals surface area contributed by atoms with E-state index in [2.05, 4.69) is 4.90 Å². The zero-order valence-electron chi connectivity index (χ0n) is 9.89. The molecule has 4 nitrogen and oxygen atoms in total. The molecule has 17 heavy (non-hydrogen) atoms. The minimum Gasteiger partial charge on any atom is -0.395 e. The Balaban J connectivity index is 2.05. The van der Waals surface area contributed by atoms with Crippen LogP contribution in [0.2, 0.25) is 0 Å². The lowest BCUT2D eigenvalue weighted by Gasteiger charge is -2.21. The van der Waals surface area contributed by atoms with Gasteiger partial charge in [-0.2, -0.15) is 0 Å². The molecule has 0 atom stereocenters. The van der Waals surface area contributed by atoms with Gasteiger partial charge in [-0.15, -0.1) is 0 Å². The maximum absolute atomic E-state index is 9.04. The van der Waals surface area contributed by atoms with Crippen LogP contribution in [0.15, 0.2) is 24.3 Å². The third kappa shape index (κ3) is 3.28. The van der Waals surface area contributed by atoms with Crippen LogP contribution in [0, 0.1) is 5.41 Å². The lowest BCUT2D eigenvalue weighted by molar-refractivity contribution is 0.183. The van der Waals surface area contributed by atoms with E-state index in [1.54, 1.807) is 0 Å². The highest BCUT2D eigenvalue weighted by molar-refractivity contribution is 5.95. The number of nitrogens with two attached hydrogens (primary N) is 1. The fourth-order valence-corrected chi connectivity index (χ4v) is 2.03. The molecule has 92 valence electrons. The molecule has 0 unspecified atom stereocenters. The zero-order chi connectivity index (χ0) is 12.3. The molecule has 0 spiro atoms. The lowest BCUT2D eigenvalue weighted by Crippen LogP contribution is -2.28. The van der Waals surface area contributed by atoms with Gasteiger partial charge in [-0.25, -0.2) is 0 Å². The molecule has 1 aliphatic carbocycles. The van der Waals surface area contributed by atoms with Crippen molar-refractivity contribution in [3.8, 4) is 0 Å². The number of hydrogen-bond donors (Lipinski definition) is 3. The Morgan fingerprint density at radius 1 is 1.47 bits per heavy atom. The Kier molecular flexibility index (Phi) is 3.76. The lowest BCUT2D eigenvalue weighted by atomic mass is 10.1. The van der Waals surface area contributed by atoms with Gasteiger partial charge in [0.25, 0.3) is 0 Å². The maximum Gasteiger partial charge on any atom is 0.122 e. The Morgan fingerprint density at radius 2 is 2.24 bits per heavy atom. The maximum atomic E-state index is 9.04. The van der Waals surface area contributed by atoms with Crippen molar-refractivity contribution in [3.05, 3.63) is 35.4 Å². The Hall–Kier alpha value is -1.39. The van der Waals surface area contributed by atoms with E-state index < -0.39 is 0 Å². The highest BCUT2D eigenvalue weighted by Gasteiger charge is 2.28. The molecule has 1 fully saturated rings. The van der Waals surface area contributed by atoms with Gasteiger partial charge in [0.1, 0.15) is 5.84 Å². The molecular weight excluding hydrogens is 214 g/mol. The van der Waals surface area contributed by atoms with Crippen LogP contribution < -0.4 is 5.73 Å². The van der Waals surface area contributed by atoms with E-state index in [1.165, 1.54) is 12.8 Å². The van der Waals surface area contributed by atoms with Crippen LogP contribution in [-0.2, 0) is 6.54 Å². The van der Waals surface area contributed by atoms with Gasteiger partial charge in [0.2, 0.25) is 0 Å². The van der Waals surface area contributed by atoms with E-state index in [0.29, 0.717) is 6.04 Å². The first kappa shape index (κ1) is 12.1. The van der Waals surface area contributed by atoms with E-state index >= 15 is 0 Å². The summed E-state index contributed by atoms with van der Waals surface area (Å²) >= 11 is 0. The molecule has 0 aromatic heterocycles. The predicted molar refractivity (Wildman–Crippen MR) is 68.0 cm³/mol. The van der Waals surface area contributed by atoms with E-state index in [1.807, 2.05) is 24.3 Å². The van der Waals surface area contributed by atoms with Crippen LogP contribution in [0.4, 0.5) is 0 Å². The molecule has 2 rings (SSSR count). The summed E-state index contributed by atoms with van der Waals surface area (Å²) in [6.45, 7) is 1.74. The van der Waals surface area contributed by atoms with Crippen molar-refractivity contribution < 1.29 is 5.11 Å². The summed E-state index contributed by atoms with van der Waals surface area (Å²) in [5, 5.41) is 16.5. The number of benzene rings is 1. The predicted octanol–water partition coefficient (Wildman–Crippen LogP) is 0.927. The number of nitrogens with zero attached hydrogens (tertiary/aromatic N) is 1. The van der Waals surface area contributed by atoms with Crippen molar-refractivity contribution in [2.24, 2.45) is 5.73 Å². The molecule has 0 bridgehead atoms. The third-order valence-electron chi connectivity index (χ3n) is 3.07. The summed E-state index contributed by atoms with van der Waals surface area (Å²) in [5.41, 5.74) is 7.39. The van der Waals surface area contributed by atoms with Crippen molar-refractivity contribution >= 4 is 5.84 Å². The first-order chi connectivity index (χ1) is 8.20. The number of nitrogens with one attached hydrogen (secondary N) is 1. The van der Waals surface area contributed by atoms with Crippen LogP contribution in [0.3, 0.4) is 0 Å². The Bertz CT molecular complexity index is 401. The summed E-state index contributed by atoms with van der Waals surface area (Å²) in [7, 11) is 0. The largest absolute Gasteiger partial charge is 0.395 e. The van der Waals surface area contributed by atoms with E-state index in [0.717, 1.165) is 24.2 Å². The normalized spacial score (nSPS) is 15.2. The van der Waals surface area contributed by atoms with E-state index in [-0.39, 0.29) is 12.4 Å². The van der Waals surface area contributed by atoms with Gasteiger partial charge < -0.3 is 10.8 Å². The SMILES string of the molecule is N=C(N)c1cccc(CN(CCO)C2CC2)c1. The number of rotatable bonds is 6. The molecular formula is C13H19N3O. The van der Waals surface area contributed by atoms with Crippen LogP contribution in [0.5, 0.6) is 0 Å². The number of aliphatic hydroxyl groups is 1. The van der Waals surface area contributed by atoms with Crippen LogP contribution >= 0.6 is 0 Å². The fourth-order valence-electron chi connectivity index (χ4n) is 2.03. The second-order valence-electron chi connectivity index (χ2n) is 4.54. The average Bonchev–Trinajstić information content (AvgIpc) is 3.13. The summed E-state index contributed by atoms with van der Waals surface area (Å²) < 4.78 is 0. The Labute approximate surface area is 102 Å². The quantitative estimate of drug-likeness (QED) is 0.505. The number of nitrogen functional groups attached to an aromatic ring is 1. The van der Waals surface area contributed by atoms with Crippen LogP contribution in [0.25, 0.3) is 0 Å².